The smallest absolute Gasteiger partial charge is 0.165 e. The molecule has 0 aliphatic carbocycles. The fourth-order valence-corrected chi connectivity index (χ4v) is 1.93. The van der Waals surface area contributed by atoms with Crippen molar-refractivity contribution in [2.45, 2.75) is 26.1 Å². The second-order valence-electron chi connectivity index (χ2n) is 5.20. The number of hydrogen-bond acceptors (Lipinski definition) is 3. The van der Waals surface area contributed by atoms with Crippen molar-refractivity contribution in [3.63, 3.8) is 0 Å². The van der Waals surface area contributed by atoms with Crippen LogP contribution in [0.5, 0.6) is 5.75 Å². The Hall–Kier alpha value is -1.98. The summed E-state index contributed by atoms with van der Waals surface area (Å²) < 4.78 is 32.3. The van der Waals surface area contributed by atoms with Crippen LogP contribution in [0.2, 0.25) is 0 Å². The van der Waals surface area contributed by atoms with Gasteiger partial charge >= 0.3 is 0 Å². The predicted molar refractivity (Wildman–Crippen MR) is 82.5 cm³/mol. The molecule has 0 amide bonds. The second-order valence-corrected chi connectivity index (χ2v) is 5.20. The number of nitrogens with one attached hydrogen (secondary N) is 1. The molecule has 0 heterocycles. The van der Waals surface area contributed by atoms with Gasteiger partial charge in [-0.3, -0.25) is 0 Å². The Bertz CT molecular complexity index is 619. The van der Waals surface area contributed by atoms with E-state index in [1.54, 1.807) is 24.3 Å². The Morgan fingerprint density at radius 1 is 1.14 bits per heavy atom. The minimum atomic E-state index is -0.438. The van der Waals surface area contributed by atoms with Crippen LogP contribution in [0.4, 0.5) is 8.78 Å². The third-order valence-corrected chi connectivity index (χ3v) is 3.29. The van der Waals surface area contributed by atoms with E-state index in [9.17, 15) is 8.78 Å². The first kappa shape index (κ1) is 16.4. The van der Waals surface area contributed by atoms with Crippen molar-refractivity contribution in [3.8, 4) is 5.75 Å². The van der Waals surface area contributed by atoms with E-state index in [1.807, 2.05) is 6.92 Å². The number of ether oxygens (including phenoxy) is 1. The molecule has 22 heavy (non-hydrogen) atoms. The van der Waals surface area contributed by atoms with Crippen LogP contribution < -0.4 is 15.8 Å². The lowest BCUT2D eigenvalue weighted by Gasteiger charge is -2.13. The zero-order chi connectivity index (χ0) is 15.9. The van der Waals surface area contributed by atoms with E-state index >= 15 is 0 Å². The summed E-state index contributed by atoms with van der Waals surface area (Å²) in [6, 6.07) is 10.9. The van der Waals surface area contributed by atoms with Crippen molar-refractivity contribution in [3.05, 3.63) is 65.2 Å². The maximum absolute atomic E-state index is 13.8. The quantitative estimate of drug-likeness (QED) is 0.827. The van der Waals surface area contributed by atoms with E-state index < -0.39 is 5.82 Å². The van der Waals surface area contributed by atoms with Gasteiger partial charge in [-0.2, -0.15) is 0 Å². The summed E-state index contributed by atoms with van der Waals surface area (Å²) in [6.45, 7) is 3.20. The largest absolute Gasteiger partial charge is 0.486 e. The van der Waals surface area contributed by atoms with Crippen molar-refractivity contribution < 1.29 is 13.5 Å². The standard InChI is InChI=1S/C17H20F2N2O/c1-12(9-20)21-10-13-5-6-16(19)17(8-13)22-11-14-3-2-4-15(18)7-14/h2-8,12,21H,9-11,20H2,1H3. The van der Waals surface area contributed by atoms with Crippen molar-refractivity contribution in [2.75, 3.05) is 6.54 Å². The Kier molecular flexibility index (Phi) is 5.86. The number of nitrogens with two attached hydrogens (primary N) is 1. The molecule has 2 aromatic rings. The van der Waals surface area contributed by atoms with Gasteiger partial charge in [0.1, 0.15) is 12.4 Å². The zero-order valence-corrected chi connectivity index (χ0v) is 12.5. The molecule has 3 nitrogen and oxygen atoms in total. The molecule has 0 spiro atoms. The molecule has 118 valence electrons. The van der Waals surface area contributed by atoms with E-state index in [1.165, 1.54) is 18.2 Å². The maximum Gasteiger partial charge on any atom is 0.165 e. The fourth-order valence-electron chi connectivity index (χ4n) is 1.93. The molecule has 1 atom stereocenters. The summed E-state index contributed by atoms with van der Waals surface area (Å²) in [5.74, 6) is -0.619. The highest BCUT2D eigenvalue weighted by Crippen LogP contribution is 2.20. The predicted octanol–water partition coefficient (Wildman–Crippen LogP) is 2.98. The maximum atomic E-state index is 13.8. The van der Waals surface area contributed by atoms with Gasteiger partial charge in [-0.1, -0.05) is 18.2 Å². The third kappa shape index (κ3) is 4.79. The molecule has 3 N–H and O–H groups in total. The summed E-state index contributed by atoms with van der Waals surface area (Å²) in [5.41, 5.74) is 7.09. The molecule has 0 aromatic heterocycles. The molecule has 0 aliphatic rings. The van der Waals surface area contributed by atoms with Gasteiger partial charge in [-0.05, 0) is 42.3 Å². The lowest BCUT2D eigenvalue weighted by atomic mass is 10.2. The highest BCUT2D eigenvalue weighted by molar-refractivity contribution is 5.30. The Morgan fingerprint density at radius 3 is 2.68 bits per heavy atom. The topological polar surface area (TPSA) is 47.3 Å². The Labute approximate surface area is 129 Å². The minimum absolute atomic E-state index is 0.116. The second kappa shape index (κ2) is 7.87. The summed E-state index contributed by atoms with van der Waals surface area (Å²) in [4.78, 5) is 0. The molecule has 0 radical (unpaired) electrons. The van der Waals surface area contributed by atoms with Crippen LogP contribution in [0.25, 0.3) is 0 Å². The molecule has 5 heteroatoms. The lowest BCUT2D eigenvalue weighted by Crippen LogP contribution is -2.32. The van der Waals surface area contributed by atoms with Crippen molar-refractivity contribution in [2.24, 2.45) is 5.73 Å². The highest BCUT2D eigenvalue weighted by Gasteiger charge is 2.07. The van der Waals surface area contributed by atoms with Gasteiger partial charge in [-0.25, -0.2) is 8.78 Å². The van der Waals surface area contributed by atoms with E-state index in [-0.39, 0.29) is 24.2 Å². The molecule has 0 aliphatic heterocycles. The van der Waals surface area contributed by atoms with Gasteiger partial charge < -0.3 is 15.8 Å². The van der Waals surface area contributed by atoms with Crippen LogP contribution in [0, 0.1) is 11.6 Å². The van der Waals surface area contributed by atoms with Crippen LogP contribution in [-0.2, 0) is 13.2 Å². The third-order valence-electron chi connectivity index (χ3n) is 3.29. The van der Waals surface area contributed by atoms with Crippen molar-refractivity contribution >= 4 is 0 Å². The van der Waals surface area contributed by atoms with E-state index in [2.05, 4.69) is 5.32 Å². The summed E-state index contributed by atoms with van der Waals surface area (Å²) in [6.07, 6.45) is 0. The van der Waals surface area contributed by atoms with E-state index in [0.717, 1.165) is 5.56 Å². The fraction of sp³-hybridized carbons (Fsp3) is 0.294. The molecule has 2 aromatic carbocycles. The minimum Gasteiger partial charge on any atom is -0.486 e. The van der Waals surface area contributed by atoms with Gasteiger partial charge in [0.2, 0.25) is 0 Å². The normalized spacial score (nSPS) is 12.2. The Morgan fingerprint density at radius 2 is 1.95 bits per heavy atom. The van der Waals surface area contributed by atoms with Crippen LogP contribution in [-0.4, -0.2) is 12.6 Å². The van der Waals surface area contributed by atoms with Gasteiger partial charge in [-0.15, -0.1) is 0 Å². The number of rotatable bonds is 7. The lowest BCUT2D eigenvalue weighted by molar-refractivity contribution is 0.289. The average molecular weight is 306 g/mol. The van der Waals surface area contributed by atoms with E-state index in [4.69, 9.17) is 10.5 Å². The summed E-state index contributed by atoms with van der Waals surface area (Å²) in [5, 5.41) is 3.22. The zero-order valence-electron chi connectivity index (χ0n) is 12.5. The van der Waals surface area contributed by atoms with Crippen LogP contribution in [0.3, 0.4) is 0 Å². The first-order valence-corrected chi connectivity index (χ1v) is 7.17. The molecule has 1 unspecified atom stereocenters. The summed E-state index contributed by atoms with van der Waals surface area (Å²) >= 11 is 0. The van der Waals surface area contributed by atoms with Crippen molar-refractivity contribution in [1.82, 2.24) is 5.32 Å². The first-order valence-electron chi connectivity index (χ1n) is 7.17. The molecule has 2 rings (SSSR count). The molecule has 0 saturated heterocycles. The summed E-state index contributed by atoms with van der Waals surface area (Å²) in [7, 11) is 0. The molecular weight excluding hydrogens is 286 g/mol. The van der Waals surface area contributed by atoms with Gasteiger partial charge in [0.25, 0.3) is 0 Å². The Balaban J connectivity index is 2.00. The van der Waals surface area contributed by atoms with Gasteiger partial charge in [0, 0.05) is 19.1 Å². The number of benzene rings is 2. The molecular formula is C17H20F2N2O. The van der Waals surface area contributed by atoms with E-state index in [0.29, 0.717) is 18.7 Å². The average Bonchev–Trinajstić information content (AvgIpc) is 2.52. The van der Waals surface area contributed by atoms with Crippen LogP contribution in [0.15, 0.2) is 42.5 Å². The monoisotopic (exact) mass is 306 g/mol. The molecule has 0 saturated carbocycles. The molecule has 0 bridgehead atoms. The van der Waals surface area contributed by atoms with Crippen LogP contribution in [0.1, 0.15) is 18.1 Å². The first-order chi connectivity index (χ1) is 10.6. The van der Waals surface area contributed by atoms with Crippen molar-refractivity contribution in [1.29, 1.82) is 0 Å². The SMILES string of the molecule is CC(CN)NCc1ccc(F)c(OCc2cccc(F)c2)c1. The molecule has 0 fully saturated rings. The van der Waals surface area contributed by atoms with Gasteiger partial charge in [0.05, 0.1) is 0 Å². The number of halogens is 2. The van der Waals surface area contributed by atoms with Gasteiger partial charge in [0.15, 0.2) is 11.6 Å². The number of hydrogen-bond donors (Lipinski definition) is 2. The highest BCUT2D eigenvalue weighted by atomic mass is 19.1. The van der Waals surface area contributed by atoms with Crippen LogP contribution >= 0.6 is 0 Å².